The molecule has 0 fully saturated rings. The molecule has 0 N–H and O–H groups in total. The van der Waals surface area contributed by atoms with E-state index in [0.717, 1.165) is 18.8 Å². The molecule has 0 aliphatic carbocycles. The van der Waals surface area contributed by atoms with Gasteiger partial charge in [0.2, 0.25) is 0 Å². The Balaban J connectivity index is 1.61. The second kappa shape index (κ2) is 9.77. The lowest BCUT2D eigenvalue weighted by Crippen LogP contribution is -1.96. The summed E-state index contributed by atoms with van der Waals surface area (Å²) in [5, 5.41) is 0. The van der Waals surface area contributed by atoms with Crippen LogP contribution in [-0.2, 0) is 0 Å². The number of ether oxygens (including phenoxy) is 1. The molecule has 1 nitrogen and oxygen atoms in total. The molecule has 0 heterocycles. The van der Waals surface area contributed by atoms with Crippen LogP contribution in [0.4, 0.5) is 0 Å². The van der Waals surface area contributed by atoms with Crippen molar-refractivity contribution in [2.75, 3.05) is 6.61 Å². The van der Waals surface area contributed by atoms with Gasteiger partial charge < -0.3 is 4.74 Å². The SMILES string of the molecule is CCCCCCOc1ccc(-c2ccc(-c3ccc(I)cc3)cc2)cc1. The van der Waals surface area contributed by atoms with E-state index < -0.39 is 0 Å². The topological polar surface area (TPSA) is 9.23 Å². The minimum Gasteiger partial charge on any atom is -0.494 e. The summed E-state index contributed by atoms with van der Waals surface area (Å²) in [6.07, 6.45) is 4.94. The summed E-state index contributed by atoms with van der Waals surface area (Å²) in [6.45, 7) is 3.04. The minimum absolute atomic E-state index is 0.810. The van der Waals surface area contributed by atoms with E-state index in [1.807, 2.05) is 0 Å². The normalized spacial score (nSPS) is 10.7. The van der Waals surface area contributed by atoms with E-state index in [9.17, 15) is 0 Å². The first-order valence-electron chi connectivity index (χ1n) is 9.35. The molecule has 0 unspecified atom stereocenters. The highest BCUT2D eigenvalue weighted by molar-refractivity contribution is 14.1. The van der Waals surface area contributed by atoms with Crippen molar-refractivity contribution in [2.24, 2.45) is 0 Å². The lowest BCUT2D eigenvalue weighted by Gasteiger charge is -2.08. The lowest BCUT2D eigenvalue weighted by atomic mass is 10.0. The van der Waals surface area contributed by atoms with Crippen LogP contribution in [0.1, 0.15) is 32.6 Å². The summed E-state index contributed by atoms with van der Waals surface area (Å²) in [5.41, 5.74) is 4.95. The van der Waals surface area contributed by atoms with E-state index >= 15 is 0 Å². The van der Waals surface area contributed by atoms with Crippen LogP contribution in [0.2, 0.25) is 0 Å². The number of hydrogen-bond donors (Lipinski definition) is 0. The molecule has 0 saturated carbocycles. The van der Waals surface area contributed by atoms with Gasteiger partial charge in [0.15, 0.2) is 0 Å². The molecular formula is C24H25IO. The van der Waals surface area contributed by atoms with E-state index in [1.165, 1.54) is 45.1 Å². The van der Waals surface area contributed by atoms with Crippen LogP contribution in [0, 0.1) is 3.57 Å². The molecule has 134 valence electrons. The van der Waals surface area contributed by atoms with Gasteiger partial charge >= 0.3 is 0 Å². The predicted octanol–water partition coefficient (Wildman–Crippen LogP) is 7.58. The second-order valence-electron chi connectivity index (χ2n) is 6.52. The Kier molecular flexibility index (Phi) is 7.13. The Labute approximate surface area is 170 Å². The van der Waals surface area contributed by atoms with Crippen LogP contribution in [0.3, 0.4) is 0 Å². The molecule has 2 heteroatoms. The number of unbranched alkanes of at least 4 members (excludes halogenated alkanes) is 3. The van der Waals surface area contributed by atoms with Crippen LogP contribution < -0.4 is 4.74 Å². The lowest BCUT2D eigenvalue weighted by molar-refractivity contribution is 0.305. The van der Waals surface area contributed by atoms with Crippen LogP contribution in [0.5, 0.6) is 5.75 Å². The molecule has 3 aromatic carbocycles. The van der Waals surface area contributed by atoms with Gasteiger partial charge in [-0.15, -0.1) is 0 Å². The Hall–Kier alpha value is -1.81. The fourth-order valence-corrected chi connectivity index (χ4v) is 3.32. The van der Waals surface area contributed by atoms with Crippen molar-refractivity contribution in [2.45, 2.75) is 32.6 Å². The molecule has 0 aliphatic heterocycles. The van der Waals surface area contributed by atoms with Gasteiger partial charge in [-0.3, -0.25) is 0 Å². The van der Waals surface area contributed by atoms with E-state index in [2.05, 4.69) is 102 Å². The van der Waals surface area contributed by atoms with Gasteiger partial charge in [0, 0.05) is 3.57 Å². The van der Waals surface area contributed by atoms with E-state index in [1.54, 1.807) is 0 Å². The third kappa shape index (κ3) is 5.34. The van der Waals surface area contributed by atoms with Gasteiger partial charge in [0.1, 0.15) is 5.75 Å². The Morgan fingerprint density at radius 1 is 0.615 bits per heavy atom. The minimum atomic E-state index is 0.810. The number of benzene rings is 3. The standard InChI is InChI=1S/C24H25IO/c1-2-3-4-5-18-26-24-16-12-22(13-17-24)20-8-6-19(7-9-20)21-10-14-23(25)15-11-21/h6-17H,2-5,18H2,1H3. The number of rotatable bonds is 8. The smallest absolute Gasteiger partial charge is 0.119 e. The average Bonchev–Trinajstić information content (AvgIpc) is 2.69. The maximum Gasteiger partial charge on any atom is 0.119 e. The first-order chi connectivity index (χ1) is 12.8. The van der Waals surface area contributed by atoms with Crippen molar-refractivity contribution in [3.8, 4) is 28.0 Å². The van der Waals surface area contributed by atoms with Crippen molar-refractivity contribution < 1.29 is 4.74 Å². The van der Waals surface area contributed by atoms with Crippen molar-refractivity contribution in [3.05, 3.63) is 76.4 Å². The quantitative estimate of drug-likeness (QED) is 0.251. The van der Waals surface area contributed by atoms with Gasteiger partial charge in [-0.1, -0.05) is 74.7 Å². The van der Waals surface area contributed by atoms with Crippen LogP contribution in [-0.4, -0.2) is 6.61 Å². The van der Waals surface area contributed by atoms with E-state index in [-0.39, 0.29) is 0 Å². The molecule has 0 radical (unpaired) electrons. The third-order valence-corrected chi connectivity index (χ3v) is 5.24. The summed E-state index contributed by atoms with van der Waals surface area (Å²) in [6, 6.07) is 25.8. The zero-order chi connectivity index (χ0) is 18.2. The number of hydrogen-bond acceptors (Lipinski definition) is 1. The fourth-order valence-electron chi connectivity index (χ4n) is 2.96. The first kappa shape index (κ1) is 19.0. The van der Waals surface area contributed by atoms with Crippen LogP contribution in [0.25, 0.3) is 22.3 Å². The van der Waals surface area contributed by atoms with Crippen molar-refractivity contribution in [1.29, 1.82) is 0 Å². The highest BCUT2D eigenvalue weighted by Gasteiger charge is 2.02. The summed E-state index contributed by atoms with van der Waals surface area (Å²) < 4.78 is 7.09. The Morgan fingerprint density at radius 2 is 1.08 bits per heavy atom. The van der Waals surface area contributed by atoms with Crippen molar-refractivity contribution >= 4 is 22.6 Å². The molecule has 0 bridgehead atoms. The molecule has 0 spiro atoms. The largest absolute Gasteiger partial charge is 0.494 e. The molecule has 3 rings (SSSR count). The Bertz CT molecular complexity index is 789. The fraction of sp³-hybridized carbons (Fsp3) is 0.250. The maximum absolute atomic E-state index is 5.83. The van der Waals surface area contributed by atoms with E-state index in [0.29, 0.717) is 0 Å². The molecule has 0 amide bonds. The van der Waals surface area contributed by atoms with Crippen LogP contribution >= 0.6 is 22.6 Å². The Morgan fingerprint density at radius 3 is 1.58 bits per heavy atom. The summed E-state index contributed by atoms with van der Waals surface area (Å²) in [7, 11) is 0. The maximum atomic E-state index is 5.83. The van der Waals surface area contributed by atoms with Crippen molar-refractivity contribution in [3.63, 3.8) is 0 Å². The zero-order valence-corrected chi connectivity index (χ0v) is 17.4. The van der Waals surface area contributed by atoms with E-state index in [4.69, 9.17) is 4.74 Å². The van der Waals surface area contributed by atoms with Gasteiger partial charge in [0.25, 0.3) is 0 Å². The summed E-state index contributed by atoms with van der Waals surface area (Å²) in [4.78, 5) is 0. The zero-order valence-electron chi connectivity index (χ0n) is 15.2. The van der Waals surface area contributed by atoms with Gasteiger partial charge in [-0.05, 0) is 75.5 Å². The highest BCUT2D eigenvalue weighted by atomic mass is 127. The molecular weight excluding hydrogens is 431 g/mol. The molecule has 0 aromatic heterocycles. The van der Waals surface area contributed by atoms with Crippen LogP contribution in [0.15, 0.2) is 72.8 Å². The highest BCUT2D eigenvalue weighted by Crippen LogP contribution is 2.26. The van der Waals surface area contributed by atoms with Gasteiger partial charge in [-0.2, -0.15) is 0 Å². The molecule has 0 atom stereocenters. The predicted molar refractivity (Wildman–Crippen MR) is 120 cm³/mol. The van der Waals surface area contributed by atoms with Gasteiger partial charge in [0.05, 0.1) is 6.61 Å². The monoisotopic (exact) mass is 456 g/mol. The second-order valence-corrected chi connectivity index (χ2v) is 7.76. The molecule has 3 aromatic rings. The van der Waals surface area contributed by atoms with Crippen molar-refractivity contribution in [1.82, 2.24) is 0 Å². The van der Waals surface area contributed by atoms with Gasteiger partial charge in [-0.25, -0.2) is 0 Å². The first-order valence-corrected chi connectivity index (χ1v) is 10.4. The third-order valence-electron chi connectivity index (χ3n) is 4.52. The molecule has 0 saturated heterocycles. The average molecular weight is 456 g/mol. The summed E-state index contributed by atoms with van der Waals surface area (Å²) >= 11 is 2.34. The number of halogens is 1. The molecule has 26 heavy (non-hydrogen) atoms. The molecule has 0 aliphatic rings. The summed E-state index contributed by atoms with van der Waals surface area (Å²) in [5.74, 6) is 0.959.